The van der Waals surface area contributed by atoms with E-state index in [4.69, 9.17) is 16.7 Å². The van der Waals surface area contributed by atoms with E-state index in [2.05, 4.69) is 5.32 Å². The molecule has 1 saturated carbocycles. The van der Waals surface area contributed by atoms with Gasteiger partial charge >= 0.3 is 0 Å². The highest BCUT2D eigenvalue weighted by atomic mass is 35.5. The Bertz CT molecular complexity index is 475. The number of non-ortho nitro benzene ring substituents is 1. The Hall–Kier alpha value is -1.17. The van der Waals surface area contributed by atoms with Gasteiger partial charge in [-0.2, -0.15) is 0 Å². The second kappa shape index (κ2) is 5.86. The largest absolute Gasteiger partial charge is 0.396 e. The summed E-state index contributed by atoms with van der Waals surface area (Å²) in [7, 11) is 0. The maximum Gasteiger partial charge on any atom is 0.270 e. The van der Waals surface area contributed by atoms with Gasteiger partial charge in [0.1, 0.15) is 0 Å². The Balaban J connectivity index is 1.88. The van der Waals surface area contributed by atoms with E-state index in [1.165, 1.54) is 12.1 Å². The fraction of sp³-hybridized carbons (Fsp3) is 0.538. The molecule has 0 heterocycles. The second-order valence-electron chi connectivity index (χ2n) is 5.11. The number of hydrogen-bond acceptors (Lipinski definition) is 4. The van der Waals surface area contributed by atoms with Crippen molar-refractivity contribution in [3.8, 4) is 0 Å². The molecule has 0 spiro atoms. The van der Waals surface area contributed by atoms with Crippen LogP contribution in [0.1, 0.15) is 24.8 Å². The molecule has 1 aliphatic rings. The van der Waals surface area contributed by atoms with Crippen LogP contribution in [0.15, 0.2) is 18.2 Å². The van der Waals surface area contributed by atoms with Crippen molar-refractivity contribution in [2.75, 3.05) is 13.2 Å². The first-order chi connectivity index (χ1) is 9.06. The number of halogens is 1. The number of nitrogens with zero attached hydrogens (tertiary/aromatic N) is 1. The highest BCUT2D eigenvalue weighted by Gasteiger charge is 2.41. The van der Waals surface area contributed by atoms with E-state index in [0.717, 1.165) is 31.4 Å². The van der Waals surface area contributed by atoms with E-state index < -0.39 is 4.92 Å². The minimum Gasteiger partial charge on any atom is -0.396 e. The van der Waals surface area contributed by atoms with Gasteiger partial charge in [-0.15, -0.1) is 0 Å². The number of nitro benzene ring substituents is 1. The summed E-state index contributed by atoms with van der Waals surface area (Å²) in [5, 5.41) is 23.3. The molecule has 1 aromatic carbocycles. The molecule has 2 rings (SSSR count). The number of aliphatic hydroxyl groups is 1. The van der Waals surface area contributed by atoms with Crippen molar-refractivity contribution in [1.82, 2.24) is 5.32 Å². The molecule has 1 aliphatic carbocycles. The van der Waals surface area contributed by atoms with Crippen LogP contribution in [0.4, 0.5) is 5.69 Å². The van der Waals surface area contributed by atoms with Crippen LogP contribution in [0.3, 0.4) is 0 Å². The number of rotatable bonds is 7. The monoisotopic (exact) mass is 284 g/mol. The van der Waals surface area contributed by atoms with Crippen molar-refractivity contribution in [2.24, 2.45) is 5.41 Å². The lowest BCUT2D eigenvalue weighted by Gasteiger charge is -2.14. The van der Waals surface area contributed by atoms with Crippen LogP contribution in [0.5, 0.6) is 0 Å². The van der Waals surface area contributed by atoms with Gasteiger partial charge in [0.05, 0.1) is 9.95 Å². The molecule has 0 bridgehead atoms. The van der Waals surface area contributed by atoms with Gasteiger partial charge < -0.3 is 10.4 Å². The molecule has 0 saturated heterocycles. The second-order valence-corrected chi connectivity index (χ2v) is 5.52. The average Bonchev–Trinajstić information content (AvgIpc) is 3.11. The molecule has 19 heavy (non-hydrogen) atoms. The van der Waals surface area contributed by atoms with E-state index in [0.29, 0.717) is 11.6 Å². The zero-order valence-electron chi connectivity index (χ0n) is 10.6. The molecule has 104 valence electrons. The molecule has 6 heteroatoms. The van der Waals surface area contributed by atoms with Crippen LogP contribution in [0.25, 0.3) is 0 Å². The fourth-order valence-electron chi connectivity index (χ4n) is 2.18. The van der Waals surface area contributed by atoms with Gasteiger partial charge in [0.2, 0.25) is 0 Å². The van der Waals surface area contributed by atoms with Crippen molar-refractivity contribution < 1.29 is 10.0 Å². The molecular weight excluding hydrogens is 268 g/mol. The summed E-state index contributed by atoms with van der Waals surface area (Å²) in [6.45, 7) is 1.66. The van der Waals surface area contributed by atoms with E-state index in [1.54, 1.807) is 6.07 Å². The van der Waals surface area contributed by atoms with Crippen LogP contribution in [-0.2, 0) is 6.54 Å². The van der Waals surface area contributed by atoms with Crippen molar-refractivity contribution in [3.05, 3.63) is 38.9 Å². The summed E-state index contributed by atoms with van der Waals surface area (Å²) in [6, 6.07) is 4.52. The predicted molar refractivity (Wildman–Crippen MR) is 73.2 cm³/mol. The molecule has 0 aromatic heterocycles. The first-order valence-corrected chi connectivity index (χ1v) is 6.68. The maximum absolute atomic E-state index is 10.6. The Labute approximate surface area is 116 Å². The zero-order chi connectivity index (χ0) is 13.9. The minimum absolute atomic E-state index is 0.00712. The summed E-state index contributed by atoms with van der Waals surface area (Å²) >= 11 is 6.02. The SMILES string of the molecule is O=[N+]([O-])c1ccc(CNCC2(CCO)CC2)c(Cl)c1. The molecule has 0 atom stereocenters. The third kappa shape index (κ3) is 3.65. The van der Waals surface area contributed by atoms with Gasteiger partial charge in [0.25, 0.3) is 5.69 Å². The summed E-state index contributed by atoms with van der Waals surface area (Å²) in [5.41, 5.74) is 1.11. The topological polar surface area (TPSA) is 75.4 Å². The van der Waals surface area contributed by atoms with Gasteiger partial charge in [-0.1, -0.05) is 11.6 Å². The molecular formula is C13H17ClN2O3. The molecule has 5 nitrogen and oxygen atoms in total. The number of benzene rings is 1. The van der Waals surface area contributed by atoms with Crippen molar-refractivity contribution >= 4 is 17.3 Å². The fourth-order valence-corrected chi connectivity index (χ4v) is 2.43. The lowest BCUT2D eigenvalue weighted by Crippen LogP contribution is -2.24. The van der Waals surface area contributed by atoms with Gasteiger partial charge in [0, 0.05) is 31.8 Å². The van der Waals surface area contributed by atoms with Crippen LogP contribution in [0.2, 0.25) is 5.02 Å². The first kappa shape index (κ1) is 14.2. The number of hydrogen-bond donors (Lipinski definition) is 2. The molecule has 0 amide bonds. The number of nitro groups is 1. The van der Waals surface area contributed by atoms with Gasteiger partial charge in [-0.25, -0.2) is 0 Å². The third-order valence-electron chi connectivity index (χ3n) is 3.66. The van der Waals surface area contributed by atoms with E-state index in [1.807, 2.05) is 0 Å². The third-order valence-corrected chi connectivity index (χ3v) is 4.01. The van der Waals surface area contributed by atoms with Gasteiger partial charge in [-0.3, -0.25) is 10.1 Å². The van der Waals surface area contributed by atoms with Gasteiger partial charge in [0.15, 0.2) is 0 Å². The normalized spacial score (nSPS) is 16.3. The molecule has 0 aliphatic heterocycles. The predicted octanol–water partition coefficient (Wildman–Crippen LogP) is 2.50. The molecule has 0 unspecified atom stereocenters. The van der Waals surface area contributed by atoms with E-state index in [9.17, 15) is 10.1 Å². The van der Waals surface area contributed by atoms with Crippen molar-refractivity contribution in [3.63, 3.8) is 0 Å². The Morgan fingerprint density at radius 3 is 2.74 bits per heavy atom. The minimum atomic E-state index is -0.455. The first-order valence-electron chi connectivity index (χ1n) is 6.31. The van der Waals surface area contributed by atoms with Crippen LogP contribution >= 0.6 is 11.6 Å². The van der Waals surface area contributed by atoms with E-state index >= 15 is 0 Å². The summed E-state index contributed by atoms with van der Waals surface area (Å²) < 4.78 is 0. The smallest absolute Gasteiger partial charge is 0.270 e. The summed E-state index contributed by atoms with van der Waals surface area (Å²) in [6.07, 6.45) is 3.12. The summed E-state index contributed by atoms with van der Waals surface area (Å²) in [4.78, 5) is 10.1. The average molecular weight is 285 g/mol. The number of nitrogens with one attached hydrogen (secondary N) is 1. The van der Waals surface area contributed by atoms with Crippen molar-refractivity contribution in [2.45, 2.75) is 25.8 Å². The highest BCUT2D eigenvalue weighted by Crippen LogP contribution is 2.47. The Kier molecular flexibility index (Phi) is 4.39. The van der Waals surface area contributed by atoms with Gasteiger partial charge in [-0.05, 0) is 36.3 Å². The van der Waals surface area contributed by atoms with E-state index in [-0.39, 0.29) is 17.7 Å². The molecule has 1 aromatic rings. The number of aliphatic hydroxyl groups excluding tert-OH is 1. The highest BCUT2D eigenvalue weighted by molar-refractivity contribution is 6.31. The molecule has 1 fully saturated rings. The maximum atomic E-state index is 10.6. The Morgan fingerprint density at radius 1 is 1.47 bits per heavy atom. The quantitative estimate of drug-likeness (QED) is 0.596. The molecule has 2 N–H and O–H groups in total. The van der Waals surface area contributed by atoms with Crippen molar-refractivity contribution in [1.29, 1.82) is 0 Å². The lowest BCUT2D eigenvalue weighted by molar-refractivity contribution is -0.384. The lowest BCUT2D eigenvalue weighted by atomic mass is 10.0. The summed E-state index contributed by atoms with van der Waals surface area (Å²) in [5.74, 6) is 0. The van der Waals surface area contributed by atoms with Crippen LogP contribution in [-0.4, -0.2) is 23.2 Å². The molecule has 0 radical (unpaired) electrons. The zero-order valence-corrected chi connectivity index (χ0v) is 11.3. The Morgan fingerprint density at radius 2 is 2.21 bits per heavy atom. The van der Waals surface area contributed by atoms with Crippen LogP contribution < -0.4 is 5.32 Å². The standard InChI is InChI=1S/C13H17ClN2O3/c14-12-7-11(16(18)19)2-1-10(12)8-15-9-13(3-4-13)5-6-17/h1-2,7,15,17H,3-6,8-9H2. The van der Waals surface area contributed by atoms with Crippen LogP contribution in [0, 0.1) is 15.5 Å².